The Balaban J connectivity index is 1.91. The van der Waals surface area contributed by atoms with Crippen molar-refractivity contribution >= 4 is 38.6 Å². The Morgan fingerprint density at radius 3 is 2.57 bits per heavy atom. The summed E-state index contributed by atoms with van der Waals surface area (Å²) in [5.41, 5.74) is 1.57. The van der Waals surface area contributed by atoms with E-state index in [-0.39, 0.29) is 17.1 Å². The molecule has 0 aliphatic heterocycles. The molecule has 0 fully saturated rings. The second-order valence-corrected chi connectivity index (χ2v) is 8.83. The van der Waals surface area contributed by atoms with E-state index < -0.39 is 16.0 Å². The number of hydrogen-bond donors (Lipinski definition) is 0. The second kappa shape index (κ2) is 7.90. The van der Waals surface area contributed by atoms with Crippen molar-refractivity contribution < 1.29 is 17.9 Å². The Hall–Kier alpha value is -2.42. The molecule has 2 aromatic carbocycles. The first-order valence-corrected chi connectivity index (χ1v) is 10.4. The van der Waals surface area contributed by atoms with Gasteiger partial charge in [0, 0.05) is 20.6 Å². The van der Waals surface area contributed by atoms with E-state index in [1.165, 1.54) is 20.2 Å². The Bertz CT molecular complexity index is 1140. The van der Waals surface area contributed by atoms with Crippen LogP contribution in [0.15, 0.2) is 47.4 Å². The van der Waals surface area contributed by atoms with Crippen LogP contribution in [0, 0.1) is 0 Å². The fourth-order valence-corrected chi connectivity index (χ4v) is 3.96. The molecule has 0 aliphatic carbocycles. The smallest absolute Gasteiger partial charge is 0.340 e. The molecular formula is C19H20ClN3O4S. The maximum Gasteiger partial charge on any atom is 0.340 e. The SMILES string of the molecule is CCn1c(COC(=O)c2ccccc2Cl)nc2cc(S(=O)(=O)N(C)C)ccc21. The predicted molar refractivity (Wildman–Crippen MR) is 107 cm³/mol. The molecule has 28 heavy (non-hydrogen) atoms. The molecule has 148 valence electrons. The van der Waals surface area contributed by atoms with Gasteiger partial charge < -0.3 is 9.30 Å². The van der Waals surface area contributed by atoms with Crippen molar-refractivity contribution in [2.24, 2.45) is 0 Å². The first-order chi connectivity index (χ1) is 13.3. The van der Waals surface area contributed by atoms with E-state index >= 15 is 0 Å². The summed E-state index contributed by atoms with van der Waals surface area (Å²) in [7, 11) is -0.609. The number of carbonyl (C=O) groups excluding carboxylic acids is 1. The Morgan fingerprint density at radius 1 is 1.21 bits per heavy atom. The number of sulfonamides is 1. The van der Waals surface area contributed by atoms with Crippen LogP contribution in [-0.2, 0) is 27.9 Å². The quantitative estimate of drug-likeness (QED) is 0.570. The molecule has 0 saturated carbocycles. The zero-order valence-electron chi connectivity index (χ0n) is 15.7. The van der Waals surface area contributed by atoms with Gasteiger partial charge in [0.1, 0.15) is 12.4 Å². The lowest BCUT2D eigenvalue weighted by molar-refractivity contribution is 0.0459. The maximum atomic E-state index is 12.4. The third-order valence-corrected chi connectivity index (χ3v) is 6.46. The monoisotopic (exact) mass is 421 g/mol. The van der Waals surface area contributed by atoms with E-state index in [9.17, 15) is 13.2 Å². The van der Waals surface area contributed by atoms with Crippen molar-refractivity contribution in [3.05, 3.63) is 58.9 Å². The molecule has 0 saturated heterocycles. The number of fused-ring (bicyclic) bond motifs is 1. The summed E-state index contributed by atoms with van der Waals surface area (Å²) in [6.07, 6.45) is 0. The minimum atomic E-state index is -3.56. The number of nitrogens with zero attached hydrogens (tertiary/aromatic N) is 3. The molecular weight excluding hydrogens is 402 g/mol. The number of benzene rings is 2. The summed E-state index contributed by atoms with van der Waals surface area (Å²) in [5, 5.41) is 0.315. The van der Waals surface area contributed by atoms with Gasteiger partial charge >= 0.3 is 5.97 Å². The number of esters is 1. The molecule has 9 heteroatoms. The van der Waals surface area contributed by atoms with Crippen LogP contribution >= 0.6 is 11.6 Å². The van der Waals surface area contributed by atoms with E-state index in [1.54, 1.807) is 36.4 Å². The zero-order chi connectivity index (χ0) is 20.5. The van der Waals surface area contributed by atoms with Crippen LogP contribution < -0.4 is 0 Å². The predicted octanol–water partition coefficient (Wildman–Crippen LogP) is 3.32. The highest BCUT2D eigenvalue weighted by Gasteiger charge is 2.20. The number of rotatable bonds is 6. The molecule has 1 heterocycles. The second-order valence-electron chi connectivity index (χ2n) is 6.27. The zero-order valence-corrected chi connectivity index (χ0v) is 17.3. The largest absolute Gasteiger partial charge is 0.454 e. The van der Waals surface area contributed by atoms with Crippen LogP contribution in [-0.4, -0.2) is 42.3 Å². The molecule has 0 radical (unpaired) electrons. The van der Waals surface area contributed by atoms with Crippen molar-refractivity contribution in [1.82, 2.24) is 13.9 Å². The maximum absolute atomic E-state index is 12.4. The number of aryl methyl sites for hydroxylation is 1. The molecule has 0 bridgehead atoms. The van der Waals surface area contributed by atoms with Gasteiger partial charge in [-0.1, -0.05) is 23.7 Å². The lowest BCUT2D eigenvalue weighted by Gasteiger charge is -2.11. The van der Waals surface area contributed by atoms with Crippen LogP contribution in [0.4, 0.5) is 0 Å². The molecule has 0 aliphatic rings. The van der Waals surface area contributed by atoms with Crippen LogP contribution in [0.3, 0.4) is 0 Å². The number of ether oxygens (including phenoxy) is 1. The summed E-state index contributed by atoms with van der Waals surface area (Å²) in [5.74, 6) is -0.0199. The van der Waals surface area contributed by atoms with Crippen LogP contribution in [0.25, 0.3) is 11.0 Å². The molecule has 0 amide bonds. The standard InChI is InChI=1S/C19H20ClN3O4S/c1-4-23-17-10-9-13(28(25,26)22(2)3)11-16(17)21-18(23)12-27-19(24)14-7-5-6-8-15(14)20/h5-11H,4,12H2,1-3H3. The molecule has 1 aromatic heterocycles. The van der Waals surface area contributed by atoms with Gasteiger partial charge in [0.25, 0.3) is 0 Å². The summed E-state index contributed by atoms with van der Waals surface area (Å²) in [4.78, 5) is 16.9. The molecule has 3 aromatic rings. The van der Waals surface area contributed by atoms with Crippen LogP contribution in [0.2, 0.25) is 5.02 Å². The Labute approximate surface area is 168 Å². The van der Waals surface area contributed by atoms with Gasteiger partial charge in [0.15, 0.2) is 0 Å². The van der Waals surface area contributed by atoms with Gasteiger partial charge in [-0.25, -0.2) is 22.5 Å². The normalized spacial score (nSPS) is 11.9. The highest BCUT2D eigenvalue weighted by atomic mass is 35.5. The molecule has 0 N–H and O–H groups in total. The molecule has 0 atom stereocenters. The third-order valence-electron chi connectivity index (χ3n) is 4.32. The molecule has 7 nitrogen and oxygen atoms in total. The Morgan fingerprint density at radius 2 is 1.93 bits per heavy atom. The minimum absolute atomic E-state index is 0.0532. The molecule has 0 spiro atoms. The average Bonchev–Trinajstić information content (AvgIpc) is 3.02. The van der Waals surface area contributed by atoms with Crippen molar-refractivity contribution in [2.75, 3.05) is 14.1 Å². The fourth-order valence-electron chi connectivity index (χ4n) is 2.83. The number of hydrogen-bond acceptors (Lipinski definition) is 5. The van der Waals surface area contributed by atoms with Gasteiger partial charge in [0.2, 0.25) is 10.0 Å². The first kappa shape index (κ1) is 20.3. The van der Waals surface area contributed by atoms with Crippen molar-refractivity contribution in [1.29, 1.82) is 0 Å². The van der Waals surface area contributed by atoms with Gasteiger partial charge in [-0.15, -0.1) is 0 Å². The van der Waals surface area contributed by atoms with Crippen molar-refractivity contribution in [3.63, 3.8) is 0 Å². The highest BCUT2D eigenvalue weighted by molar-refractivity contribution is 7.89. The van der Waals surface area contributed by atoms with Gasteiger partial charge in [-0.2, -0.15) is 0 Å². The lowest BCUT2D eigenvalue weighted by atomic mass is 10.2. The number of imidazole rings is 1. The van der Waals surface area contributed by atoms with E-state index in [2.05, 4.69) is 4.98 Å². The molecule has 3 rings (SSSR count). The van der Waals surface area contributed by atoms with Crippen molar-refractivity contribution in [3.8, 4) is 0 Å². The fraction of sp³-hybridized carbons (Fsp3) is 0.263. The highest BCUT2D eigenvalue weighted by Crippen LogP contribution is 2.23. The number of halogens is 1. The average molecular weight is 422 g/mol. The van der Waals surface area contributed by atoms with Crippen LogP contribution in [0.5, 0.6) is 0 Å². The van der Waals surface area contributed by atoms with Gasteiger partial charge in [-0.05, 0) is 37.3 Å². The summed E-state index contributed by atoms with van der Waals surface area (Å²) in [6, 6.07) is 11.4. The summed E-state index contributed by atoms with van der Waals surface area (Å²) in [6.45, 7) is 2.47. The van der Waals surface area contributed by atoms with Crippen molar-refractivity contribution in [2.45, 2.75) is 25.0 Å². The topological polar surface area (TPSA) is 81.5 Å². The van der Waals surface area contributed by atoms with E-state index in [0.29, 0.717) is 22.9 Å². The first-order valence-electron chi connectivity index (χ1n) is 8.59. The minimum Gasteiger partial charge on any atom is -0.454 e. The van der Waals surface area contributed by atoms with E-state index in [4.69, 9.17) is 16.3 Å². The van der Waals surface area contributed by atoms with E-state index in [1.807, 2.05) is 11.5 Å². The Kier molecular flexibility index (Phi) is 5.74. The third kappa shape index (κ3) is 3.76. The van der Waals surface area contributed by atoms with Gasteiger partial charge in [-0.3, -0.25) is 0 Å². The molecule has 0 unspecified atom stereocenters. The lowest BCUT2D eigenvalue weighted by Crippen LogP contribution is -2.22. The number of carbonyl (C=O) groups is 1. The van der Waals surface area contributed by atoms with E-state index in [0.717, 1.165) is 9.82 Å². The number of aromatic nitrogens is 2. The van der Waals surface area contributed by atoms with Crippen LogP contribution in [0.1, 0.15) is 23.1 Å². The summed E-state index contributed by atoms with van der Waals surface area (Å²) >= 11 is 6.03. The summed E-state index contributed by atoms with van der Waals surface area (Å²) < 4.78 is 33.1. The van der Waals surface area contributed by atoms with Gasteiger partial charge in [0.05, 0.1) is 26.5 Å².